The van der Waals surface area contributed by atoms with Gasteiger partial charge in [-0.1, -0.05) is 0 Å². The predicted octanol–water partition coefficient (Wildman–Crippen LogP) is 3.47. The summed E-state index contributed by atoms with van der Waals surface area (Å²) >= 11 is 1.30. The van der Waals surface area contributed by atoms with E-state index in [0.717, 1.165) is 28.4 Å². The second-order valence-corrected chi connectivity index (χ2v) is 8.55. The molecular formula is C21H19F2N7OS. The molecule has 164 valence electrons. The molecule has 0 atom stereocenters. The maximum atomic E-state index is 13.5. The van der Waals surface area contributed by atoms with Crippen molar-refractivity contribution in [2.45, 2.75) is 25.8 Å². The van der Waals surface area contributed by atoms with E-state index >= 15 is 0 Å². The fourth-order valence-electron chi connectivity index (χ4n) is 3.56. The molecule has 0 radical (unpaired) electrons. The van der Waals surface area contributed by atoms with Crippen molar-refractivity contribution in [1.82, 2.24) is 19.7 Å². The van der Waals surface area contributed by atoms with E-state index < -0.39 is 23.1 Å². The molecule has 1 saturated heterocycles. The van der Waals surface area contributed by atoms with Crippen molar-refractivity contribution in [3.05, 3.63) is 58.9 Å². The number of benzene rings is 1. The molecule has 0 unspecified atom stereocenters. The average Bonchev–Trinajstić information content (AvgIpc) is 3.11. The van der Waals surface area contributed by atoms with Crippen molar-refractivity contribution in [3.63, 3.8) is 0 Å². The molecule has 1 fully saturated rings. The maximum Gasteiger partial charge on any atom is 0.252 e. The number of hydrogen-bond donors (Lipinski definition) is 2. The highest BCUT2D eigenvalue weighted by molar-refractivity contribution is 7.10. The van der Waals surface area contributed by atoms with Crippen LogP contribution in [0, 0.1) is 36.8 Å². The molecule has 1 aromatic carbocycles. The Morgan fingerprint density at radius 2 is 1.97 bits per heavy atom. The second kappa shape index (κ2) is 8.47. The Kier molecular flexibility index (Phi) is 5.71. The molecule has 3 heterocycles. The summed E-state index contributed by atoms with van der Waals surface area (Å²) in [4.78, 5) is 23.4. The average molecular weight is 455 g/mol. The Morgan fingerprint density at radius 3 is 2.59 bits per heavy atom. The van der Waals surface area contributed by atoms with E-state index in [4.69, 9.17) is 0 Å². The SMILES string of the molecule is Cc1cc(Nc2ncc(C)c(N3CC(CC#N)(NC(=O)c4cc(F)cc(F)c4)C3)n2)sn1. The van der Waals surface area contributed by atoms with Crippen molar-refractivity contribution < 1.29 is 13.6 Å². The number of aryl methyl sites for hydroxylation is 2. The molecule has 2 N–H and O–H groups in total. The number of nitrogens with one attached hydrogen (secondary N) is 2. The smallest absolute Gasteiger partial charge is 0.252 e. The van der Waals surface area contributed by atoms with Gasteiger partial charge in [-0.15, -0.1) is 0 Å². The number of nitriles is 1. The second-order valence-electron chi connectivity index (χ2n) is 7.74. The summed E-state index contributed by atoms with van der Waals surface area (Å²) in [5.41, 5.74) is 0.736. The van der Waals surface area contributed by atoms with Crippen LogP contribution in [0.2, 0.25) is 0 Å². The largest absolute Gasteiger partial charge is 0.351 e. The van der Waals surface area contributed by atoms with E-state index in [9.17, 15) is 18.8 Å². The number of carbonyl (C=O) groups excluding carboxylic acids is 1. The standard InChI is InChI=1S/C21H19F2N7OS/c1-12-9-25-20(26-17-5-13(2)29-32-17)27-18(12)30-10-21(11-30,3-4-24)28-19(31)14-6-15(22)8-16(23)7-14/h5-9H,3,10-11H2,1-2H3,(H,28,31)(H,25,26,27). The lowest BCUT2D eigenvalue weighted by Crippen LogP contribution is -2.70. The third kappa shape index (κ3) is 4.50. The van der Waals surface area contributed by atoms with Gasteiger partial charge < -0.3 is 15.5 Å². The zero-order valence-electron chi connectivity index (χ0n) is 17.3. The van der Waals surface area contributed by atoms with Crippen LogP contribution in [0.1, 0.15) is 28.0 Å². The first-order valence-electron chi connectivity index (χ1n) is 9.71. The molecular weight excluding hydrogens is 436 g/mol. The molecule has 8 nitrogen and oxygen atoms in total. The fraction of sp³-hybridized carbons (Fsp3) is 0.286. The van der Waals surface area contributed by atoms with Crippen LogP contribution in [-0.2, 0) is 0 Å². The third-order valence-electron chi connectivity index (χ3n) is 5.02. The Morgan fingerprint density at radius 1 is 1.25 bits per heavy atom. The lowest BCUT2D eigenvalue weighted by Gasteiger charge is -2.50. The lowest BCUT2D eigenvalue weighted by molar-refractivity contribution is 0.0878. The molecule has 3 aromatic rings. The van der Waals surface area contributed by atoms with Crippen LogP contribution in [0.3, 0.4) is 0 Å². The summed E-state index contributed by atoms with van der Waals surface area (Å²) in [6.07, 6.45) is 1.74. The first kappa shape index (κ1) is 21.6. The van der Waals surface area contributed by atoms with Gasteiger partial charge >= 0.3 is 0 Å². The van der Waals surface area contributed by atoms with Crippen LogP contribution in [0.25, 0.3) is 0 Å². The van der Waals surface area contributed by atoms with Crippen LogP contribution in [0.15, 0.2) is 30.5 Å². The van der Waals surface area contributed by atoms with Crippen LogP contribution in [0.4, 0.5) is 25.5 Å². The van der Waals surface area contributed by atoms with Crippen LogP contribution < -0.4 is 15.5 Å². The van der Waals surface area contributed by atoms with Crippen molar-refractivity contribution in [1.29, 1.82) is 5.26 Å². The van der Waals surface area contributed by atoms with E-state index in [1.807, 2.05) is 24.8 Å². The van der Waals surface area contributed by atoms with Gasteiger partial charge in [0.1, 0.15) is 22.5 Å². The predicted molar refractivity (Wildman–Crippen MR) is 116 cm³/mol. The minimum absolute atomic E-state index is 0.0441. The zero-order valence-corrected chi connectivity index (χ0v) is 18.1. The van der Waals surface area contributed by atoms with E-state index in [0.29, 0.717) is 30.9 Å². The molecule has 0 spiro atoms. The van der Waals surface area contributed by atoms with Crippen molar-refractivity contribution in [2.24, 2.45) is 0 Å². The number of amides is 1. The van der Waals surface area contributed by atoms with E-state index in [1.165, 1.54) is 11.5 Å². The number of halogens is 2. The zero-order chi connectivity index (χ0) is 22.9. The highest BCUT2D eigenvalue weighted by Gasteiger charge is 2.45. The number of rotatable bonds is 6. The van der Waals surface area contributed by atoms with Gasteiger partial charge in [0, 0.05) is 36.5 Å². The monoisotopic (exact) mass is 455 g/mol. The molecule has 1 amide bonds. The number of nitrogens with zero attached hydrogens (tertiary/aromatic N) is 5. The van der Waals surface area contributed by atoms with Gasteiger partial charge in [-0.2, -0.15) is 14.6 Å². The van der Waals surface area contributed by atoms with E-state index in [-0.39, 0.29) is 12.0 Å². The quantitative estimate of drug-likeness (QED) is 0.586. The summed E-state index contributed by atoms with van der Waals surface area (Å²) in [6.45, 7) is 4.40. The Balaban J connectivity index is 1.50. The summed E-state index contributed by atoms with van der Waals surface area (Å²) < 4.78 is 31.2. The maximum absolute atomic E-state index is 13.5. The molecule has 11 heteroatoms. The number of hydrogen-bond acceptors (Lipinski definition) is 8. The van der Waals surface area contributed by atoms with Crippen molar-refractivity contribution in [3.8, 4) is 6.07 Å². The normalized spacial score (nSPS) is 14.4. The topological polar surface area (TPSA) is 107 Å². The van der Waals surface area contributed by atoms with E-state index in [2.05, 4.69) is 31.0 Å². The van der Waals surface area contributed by atoms with Gasteiger partial charge in [-0.25, -0.2) is 13.8 Å². The summed E-state index contributed by atoms with van der Waals surface area (Å²) in [6, 6.07) is 6.59. The molecule has 1 aliphatic heterocycles. The van der Waals surface area contributed by atoms with Crippen LogP contribution in [-0.4, -0.2) is 38.9 Å². The van der Waals surface area contributed by atoms with Crippen molar-refractivity contribution >= 4 is 34.2 Å². The summed E-state index contributed by atoms with van der Waals surface area (Å²) in [7, 11) is 0. The molecule has 1 aliphatic rings. The van der Waals surface area contributed by atoms with E-state index in [1.54, 1.807) is 6.20 Å². The minimum Gasteiger partial charge on any atom is -0.351 e. The first-order chi connectivity index (χ1) is 15.3. The Labute approximate surface area is 187 Å². The van der Waals surface area contributed by atoms with Gasteiger partial charge in [0.25, 0.3) is 5.91 Å². The summed E-state index contributed by atoms with van der Waals surface area (Å²) in [5, 5.41) is 16.0. The van der Waals surface area contributed by atoms with Crippen LogP contribution in [0.5, 0.6) is 0 Å². The number of carbonyl (C=O) groups is 1. The fourth-order valence-corrected chi connectivity index (χ4v) is 4.22. The molecule has 0 bridgehead atoms. The van der Waals surface area contributed by atoms with Gasteiger partial charge in [0.15, 0.2) is 0 Å². The van der Waals surface area contributed by atoms with Gasteiger partial charge in [0.05, 0.1) is 23.7 Å². The van der Waals surface area contributed by atoms with Gasteiger partial charge in [0.2, 0.25) is 5.95 Å². The van der Waals surface area contributed by atoms with Crippen molar-refractivity contribution in [2.75, 3.05) is 23.3 Å². The number of aromatic nitrogens is 3. The third-order valence-corrected chi connectivity index (χ3v) is 5.81. The first-order valence-corrected chi connectivity index (χ1v) is 10.5. The molecule has 32 heavy (non-hydrogen) atoms. The molecule has 0 saturated carbocycles. The van der Waals surface area contributed by atoms with Gasteiger partial charge in [-0.05, 0) is 43.6 Å². The minimum atomic E-state index is -0.853. The highest BCUT2D eigenvalue weighted by Crippen LogP contribution is 2.32. The Hall–Kier alpha value is -3.65. The lowest BCUT2D eigenvalue weighted by atomic mass is 9.86. The molecule has 4 rings (SSSR count). The number of anilines is 3. The molecule has 0 aliphatic carbocycles. The van der Waals surface area contributed by atoms with Gasteiger partial charge in [-0.3, -0.25) is 4.79 Å². The summed E-state index contributed by atoms with van der Waals surface area (Å²) in [5.74, 6) is -1.24. The Bertz CT molecular complexity index is 1200. The highest BCUT2D eigenvalue weighted by atomic mass is 32.1. The van der Waals surface area contributed by atoms with Crippen LogP contribution >= 0.6 is 11.5 Å². The molecule has 2 aromatic heterocycles.